The third-order valence-corrected chi connectivity index (χ3v) is 7.43. The van der Waals surface area contributed by atoms with E-state index in [1.54, 1.807) is 0 Å². The molecule has 1 fully saturated rings. The molecule has 27 heavy (non-hydrogen) atoms. The highest BCUT2D eigenvalue weighted by atomic mass is 79.9. The number of benzene rings is 2. The summed E-state index contributed by atoms with van der Waals surface area (Å²) in [6.45, 7) is 4.03. The van der Waals surface area contributed by atoms with Gasteiger partial charge in [-0.3, -0.25) is 4.79 Å². The highest BCUT2D eigenvalue weighted by Gasteiger charge is 2.49. The topological polar surface area (TPSA) is 26.3 Å². The van der Waals surface area contributed by atoms with Crippen LogP contribution in [0.3, 0.4) is 0 Å². The molecule has 1 saturated heterocycles. The summed E-state index contributed by atoms with van der Waals surface area (Å²) in [5.74, 6) is -0.297. The molecule has 0 saturated carbocycles. The van der Waals surface area contributed by atoms with Crippen LogP contribution in [0.2, 0.25) is 0 Å². The summed E-state index contributed by atoms with van der Waals surface area (Å²) >= 11 is 14.1. The Morgan fingerprint density at radius 3 is 2.07 bits per heavy atom. The molecular formula is C21H18Br2O2S2. The number of halogens is 2. The molecule has 3 rings (SSSR count). The third kappa shape index (κ3) is 3.95. The van der Waals surface area contributed by atoms with E-state index in [2.05, 4.69) is 38.8 Å². The summed E-state index contributed by atoms with van der Waals surface area (Å²) < 4.78 is 8.49. The smallest absolute Gasteiger partial charge is 0.328 e. The normalized spacial score (nSPS) is 21.8. The lowest BCUT2D eigenvalue weighted by Crippen LogP contribution is -2.45. The number of allylic oxidation sites excluding steroid dienone is 1. The van der Waals surface area contributed by atoms with Crippen molar-refractivity contribution in [3.63, 3.8) is 0 Å². The Morgan fingerprint density at radius 2 is 1.59 bits per heavy atom. The molecule has 2 aromatic carbocycles. The van der Waals surface area contributed by atoms with Gasteiger partial charge in [0.15, 0.2) is 5.09 Å². The van der Waals surface area contributed by atoms with Crippen LogP contribution in [0.5, 0.6) is 0 Å². The molecule has 1 aliphatic heterocycles. The van der Waals surface area contributed by atoms with E-state index >= 15 is 0 Å². The fraction of sp³-hybridized carbons (Fsp3) is 0.238. The minimum Gasteiger partial charge on any atom is -0.418 e. The second-order valence-corrected chi connectivity index (χ2v) is 9.65. The molecule has 2 aromatic rings. The van der Waals surface area contributed by atoms with Gasteiger partial charge in [0.2, 0.25) is 0 Å². The van der Waals surface area contributed by atoms with Gasteiger partial charge in [-0.15, -0.1) is 0 Å². The quantitative estimate of drug-likeness (QED) is 0.310. The molecule has 0 aromatic heterocycles. The zero-order chi connectivity index (χ0) is 19.6. The van der Waals surface area contributed by atoms with Crippen LogP contribution in [0.4, 0.5) is 0 Å². The number of thiocarbonyl (C=S) groups is 1. The van der Waals surface area contributed by atoms with E-state index in [1.165, 1.54) is 11.8 Å². The Morgan fingerprint density at radius 1 is 1.04 bits per heavy atom. The maximum absolute atomic E-state index is 13.2. The lowest BCUT2D eigenvalue weighted by atomic mass is 9.79. The second-order valence-electron chi connectivity index (χ2n) is 6.17. The first-order valence-electron chi connectivity index (χ1n) is 8.62. The molecule has 1 atom stereocenters. The first kappa shape index (κ1) is 20.8. The standard InChI is InChI=1S/C21H18Br2O2S2/c1-3-17(13-5-9-15(22)10-6-13)18-25-19(24)21(4-2,20(26)27-18)14-7-11-16(23)12-8-14/h5-12H,3-4H2,1-2H3/b18-17-/t21-/m1/s1. The van der Waals surface area contributed by atoms with Crippen molar-refractivity contribution in [3.8, 4) is 0 Å². The zero-order valence-corrected chi connectivity index (χ0v) is 19.7. The number of cyclic esters (lactones) is 1. The molecule has 0 amide bonds. The number of carbonyl (C=O) groups is 1. The first-order valence-corrected chi connectivity index (χ1v) is 11.4. The first-order chi connectivity index (χ1) is 12.9. The van der Waals surface area contributed by atoms with E-state index in [4.69, 9.17) is 17.0 Å². The van der Waals surface area contributed by atoms with Gasteiger partial charge in [0.25, 0.3) is 0 Å². The van der Waals surface area contributed by atoms with Gasteiger partial charge in [-0.25, -0.2) is 0 Å². The number of hydrogen-bond acceptors (Lipinski definition) is 4. The van der Waals surface area contributed by atoms with Crippen LogP contribution in [-0.2, 0) is 14.9 Å². The summed E-state index contributed by atoms with van der Waals surface area (Å²) in [4.78, 5) is 13.2. The predicted molar refractivity (Wildman–Crippen MR) is 124 cm³/mol. The Bertz CT molecular complexity index is 883. The summed E-state index contributed by atoms with van der Waals surface area (Å²) in [6, 6.07) is 15.7. The summed E-state index contributed by atoms with van der Waals surface area (Å²) in [5, 5.41) is 0.594. The average molecular weight is 526 g/mol. The number of ether oxygens (including phenoxy) is 1. The van der Waals surface area contributed by atoms with Gasteiger partial charge < -0.3 is 4.74 Å². The highest BCUT2D eigenvalue weighted by Crippen LogP contribution is 2.46. The lowest BCUT2D eigenvalue weighted by molar-refractivity contribution is -0.142. The van der Waals surface area contributed by atoms with Crippen molar-refractivity contribution < 1.29 is 9.53 Å². The molecule has 6 heteroatoms. The van der Waals surface area contributed by atoms with E-state index in [1.807, 2.05) is 55.5 Å². The molecule has 0 radical (unpaired) electrons. The van der Waals surface area contributed by atoms with Gasteiger partial charge in [0, 0.05) is 14.5 Å². The van der Waals surface area contributed by atoms with Gasteiger partial charge >= 0.3 is 5.97 Å². The van der Waals surface area contributed by atoms with Crippen LogP contribution in [0, 0.1) is 0 Å². The minimum atomic E-state index is -0.900. The van der Waals surface area contributed by atoms with Crippen LogP contribution in [0.15, 0.2) is 62.6 Å². The summed E-state index contributed by atoms with van der Waals surface area (Å²) in [5.41, 5.74) is 1.99. The van der Waals surface area contributed by atoms with Crippen molar-refractivity contribution in [1.29, 1.82) is 0 Å². The lowest BCUT2D eigenvalue weighted by Gasteiger charge is -2.36. The molecule has 0 aliphatic carbocycles. The largest absolute Gasteiger partial charge is 0.418 e. The van der Waals surface area contributed by atoms with E-state index in [0.29, 0.717) is 15.7 Å². The highest BCUT2D eigenvalue weighted by molar-refractivity contribution is 9.10. The average Bonchev–Trinajstić information content (AvgIpc) is 2.65. The van der Waals surface area contributed by atoms with E-state index < -0.39 is 5.41 Å². The second kappa shape index (κ2) is 8.60. The number of carbonyl (C=O) groups excluding carboxylic acids is 1. The molecule has 2 nitrogen and oxygen atoms in total. The van der Waals surface area contributed by atoms with Crippen LogP contribution in [0.1, 0.15) is 37.8 Å². The van der Waals surface area contributed by atoms with E-state index in [9.17, 15) is 4.79 Å². The Kier molecular flexibility index (Phi) is 6.62. The SMILES string of the molecule is CC/C(=C1\OC(=O)[C@@](CC)(c2ccc(Br)cc2)C(=S)S1)c1ccc(Br)cc1. The maximum Gasteiger partial charge on any atom is 0.328 e. The fourth-order valence-corrected chi connectivity index (χ4v) is 5.44. The Balaban J connectivity index is 2.03. The van der Waals surface area contributed by atoms with E-state index in [0.717, 1.165) is 32.1 Å². The zero-order valence-electron chi connectivity index (χ0n) is 14.9. The van der Waals surface area contributed by atoms with E-state index in [-0.39, 0.29) is 5.97 Å². The Labute approximate surface area is 186 Å². The van der Waals surface area contributed by atoms with Gasteiger partial charge in [-0.05, 0) is 60.0 Å². The maximum atomic E-state index is 13.2. The van der Waals surface area contributed by atoms with Crippen molar-refractivity contribution in [3.05, 3.63) is 73.7 Å². The fourth-order valence-electron chi connectivity index (χ4n) is 3.15. The molecule has 1 heterocycles. The van der Waals surface area contributed by atoms with Crippen molar-refractivity contribution in [1.82, 2.24) is 0 Å². The third-order valence-electron chi connectivity index (χ3n) is 4.73. The van der Waals surface area contributed by atoms with Crippen LogP contribution in [0.25, 0.3) is 5.57 Å². The molecule has 0 N–H and O–H groups in total. The predicted octanol–water partition coefficient (Wildman–Crippen LogP) is 7.26. The van der Waals surface area contributed by atoms with Crippen LogP contribution < -0.4 is 0 Å². The van der Waals surface area contributed by atoms with Gasteiger partial charge in [-0.1, -0.05) is 82.2 Å². The monoisotopic (exact) mass is 524 g/mol. The number of rotatable bonds is 4. The summed E-state index contributed by atoms with van der Waals surface area (Å²) in [6.07, 6.45) is 1.31. The van der Waals surface area contributed by atoms with Gasteiger partial charge in [-0.2, -0.15) is 0 Å². The molecule has 0 spiro atoms. The minimum absolute atomic E-state index is 0.297. The molecule has 1 aliphatic rings. The molecular weight excluding hydrogens is 508 g/mol. The molecule has 0 bridgehead atoms. The number of esters is 1. The van der Waals surface area contributed by atoms with Crippen LogP contribution in [-0.4, -0.2) is 10.2 Å². The van der Waals surface area contributed by atoms with Crippen molar-refractivity contribution in [2.75, 3.05) is 0 Å². The van der Waals surface area contributed by atoms with Crippen LogP contribution >= 0.6 is 55.8 Å². The molecule has 0 unspecified atom stereocenters. The van der Waals surface area contributed by atoms with Crippen molar-refractivity contribution >= 4 is 71.6 Å². The van der Waals surface area contributed by atoms with Gasteiger partial charge in [0.05, 0.1) is 4.20 Å². The number of thioether (sulfide) groups is 1. The van der Waals surface area contributed by atoms with Crippen molar-refractivity contribution in [2.45, 2.75) is 32.1 Å². The summed E-state index contributed by atoms with van der Waals surface area (Å²) in [7, 11) is 0. The van der Waals surface area contributed by atoms with Crippen molar-refractivity contribution in [2.24, 2.45) is 0 Å². The number of hydrogen-bond donors (Lipinski definition) is 0. The van der Waals surface area contributed by atoms with Gasteiger partial charge in [0.1, 0.15) is 5.41 Å². The molecule has 140 valence electrons. The Hall–Kier alpha value is -0.950.